The average Bonchev–Trinajstić information content (AvgIpc) is 2.84. The van der Waals surface area contributed by atoms with Gasteiger partial charge in [-0.3, -0.25) is 19.1 Å². The van der Waals surface area contributed by atoms with Crippen LogP contribution in [0, 0.1) is 6.92 Å². The third-order valence-electron chi connectivity index (χ3n) is 3.60. The molecule has 0 bridgehead atoms. The Morgan fingerprint density at radius 1 is 1.61 bits per heavy atom. The third kappa shape index (κ3) is 4.10. The number of hydrogen-bond acceptors (Lipinski definition) is 5. The zero-order chi connectivity index (χ0) is 17.1. The highest BCUT2D eigenvalue weighted by atomic mass is 79.9. The van der Waals surface area contributed by atoms with Crippen LogP contribution < -0.4 is 10.4 Å². The van der Waals surface area contributed by atoms with Gasteiger partial charge < -0.3 is 4.74 Å². The van der Waals surface area contributed by atoms with Crippen molar-refractivity contribution in [2.24, 2.45) is 0 Å². The number of halogens is 1. The summed E-state index contributed by atoms with van der Waals surface area (Å²) in [6.07, 6.45) is 0.364. The van der Waals surface area contributed by atoms with Crippen molar-refractivity contribution in [2.45, 2.75) is 24.7 Å². The zero-order valence-corrected chi connectivity index (χ0v) is 15.0. The highest BCUT2D eigenvalue weighted by molar-refractivity contribution is 9.10. The van der Waals surface area contributed by atoms with Crippen molar-refractivity contribution >= 4 is 44.4 Å². The molecule has 1 heterocycles. The van der Waals surface area contributed by atoms with Gasteiger partial charge in [-0.2, -0.15) is 0 Å². The molecular weight excluding hydrogens is 388 g/mol. The number of amides is 2. The summed E-state index contributed by atoms with van der Waals surface area (Å²) in [6, 6.07) is 5.52. The number of benzene rings is 1. The van der Waals surface area contributed by atoms with Crippen molar-refractivity contribution in [3.63, 3.8) is 0 Å². The monoisotopic (exact) mass is 404 g/mol. The zero-order valence-electron chi connectivity index (χ0n) is 12.6. The topological polar surface area (TPSA) is 95.9 Å². The van der Waals surface area contributed by atoms with Gasteiger partial charge in [0, 0.05) is 27.9 Å². The highest BCUT2D eigenvalue weighted by Gasteiger charge is 2.37. The average molecular weight is 405 g/mol. The van der Waals surface area contributed by atoms with Crippen LogP contribution in [0.5, 0.6) is 0 Å². The predicted molar refractivity (Wildman–Crippen MR) is 88.9 cm³/mol. The highest BCUT2D eigenvalue weighted by Crippen LogP contribution is 2.29. The summed E-state index contributed by atoms with van der Waals surface area (Å²) in [4.78, 5) is 25.1. The fourth-order valence-electron chi connectivity index (χ4n) is 2.47. The minimum Gasteiger partial charge on any atom is -0.444 e. The standard InChI is InChI=1S/C14H17BrN2O5S/c1-8-5-9(15)3-4-11(8)17-7-10(22-14(17)19)6-12(23(2)21)13(18)16-20/h3-5,10,12,20H,6-7H2,1-2H3,(H,16,18). The van der Waals surface area contributed by atoms with Gasteiger partial charge in [-0.25, -0.2) is 10.3 Å². The summed E-state index contributed by atoms with van der Waals surface area (Å²) in [5.74, 6) is -0.750. The SMILES string of the molecule is Cc1cc(Br)ccc1N1CC(CC(C(=O)NO)S(C)=O)OC1=O. The van der Waals surface area contributed by atoms with Crippen LogP contribution in [0.15, 0.2) is 22.7 Å². The molecule has 9 heteroatoms. The summed E-state index contributed by atoms with van der Waals surface area (Å²) >= 11 is 3.37. The van der Waals surface area contributed by atoms with Gasteiger partial charge in [0.1, 0.15) is 11.4 Å². The van der Waals surface area contributed by atoms with Crippen molar-refractivity contribution < 1.29 is 23.7 Å². The van der Waals surface area contributed by atoms with E-state index in [4.69, 9.17) is 9.94 Å². The quantitative estimate of drug-likeness (QED) is 0.575. The van der Waals surface area contributed by atoms with Crippen molar-refractivity contribution in [2.75, 3.05) is 17.7 Å². The van der Waals surface area contributed by atoms with Crippen LogP contribution >= 0.6 is 15.9 Å². The number of carbonyl (C=O) groups is 2. The Labute approximate surface area is 144 Å². The first-order chi connectivity index (χ1) is 10.8. The molecule has 1 aliphatic rings. The van der Waals surface area contributed by atoms with Gasteiger partial charge in [0.2, 0.25) is 0 Å². The Morgan fingerprint density at radius 3 is 2.87 bits per heavy atom. The molecule has 2 amide bonds. The van der Waals surface area contributed by atoms with E-state index in [1.807, 2.05) is 19.1 Å². The molecule has 7 nitrogen and oxygen atoms in total. The number of anilines is 1. The van der Waals surface area contributed by atoms with Crippen molar-refractivity contribution in [3.05, 3.63) is 28.2 Å². The van der Waals surface area contributed by atoms with Crippen LogP contribution in [0.4, 0.5) is 10.5 Å². The number of carbonyl (C=O) groups excluding carboxylic acids is 2. The van der Waals surface area contributed by atoms with Gasteiger partial charge in [-0.1, -0.05) is 15.9 Å². The number of aryl methyl sites for hydroxylation is 1. The molecule has 126 valence electrons. The molecule has 23 heavy (non-hydrogen) atoms. The lowest BCUT2D eigenvalue weighted by Gasteiger charge is -2.17. The molecule has 1 saturated heterocycles. The molecule has 0 aliphatic carbocycles. The number of hydroxylamine groups is 1. The summed E-state index contributed by atoms with van der Waals surface area (Å²) in [6.45, 7) is 2.14. The molecule has 0 spiro atoms. The number of nitrogens with zero attached hydrogens (tertiary/aromatic N) is 1. The maximum absolute atomic E-state index is 12.1. The molecule has 2 rings (SSSR count). The second-order valence-corrected chi connectivity index (χ2v) is 7.73. The molecule has 0 radical (unpaired) electrons. The number of ether oxygens (including phenoxy) is 1. The van der Waals surface area contributed by atoms with Crippen molar-refractivity contribution in [3.8, 4) is 0 Å². The van der Waals surface area contributed by atoms with E-state index in [0.29, 0.717) is 0 Å². The van der Waals surface area contributed by atoms with Crippen LogP contribution in [0.2, 0.25) is 0 Å². The summed E-state index contributed by atoms with van der Waals surface area (Å²) in [5, 5.41) is 7.77. The first kappa shape index (κ1) is 17.9. The largest absolute Gasteiger partial charge is 0.444 e. The molecule has 1 aliphatic heterocycles. The number of cyclic esters (lactones) is 1. The van der Waals surface area contributed by atoms with E-state index in [1.54, 1.807) is 6.07 Å². The van der Waals surface area contributed by atoms with E-state index < -0.39 is 34.2 Å². The van der Waals surface area contributed by atoms with E-state index >= 15 is 0 Å². The van der Waals surface area contributed by atoms with Gasteiger partial charge in [-0.05, 0) is 30.7 Å². The van der Waals surface area contributed by atoms with Crippen LogP contribution in [0.1, 0.15) is 12.0 Å². The van der Waals surface area contributed by atoms with Crippen LogP contribution in [-0.4, -0.2) is 45.6 Å². The molecule has 1 aromatic carbocycles. The van der Waals surface area contributed by atoms with Crippen molar-refractivity contribution in [1.82, 2.24) is 5.48 Å². The summed E-state index contributed by atoms with van der Waals surface area (Å²) < 4.78 is 17.8. The van der Waals surface area contributed by atoms with E-state index in [9.17, 15) is 13.8 Å². The van der Waals surface area contributed by atoms with Crippen LogP contribution in [0.25, 0.3) is 0 Å². The second kappa shape index (κ2) is 7.41. The lowest BCUT2D eigenvalue weighted by Crippen LogP contribution is -2.38. The number of hydrogen-bond donors (Lipinski definition) is 2. The molecular formula is C14H17BrN2O5S. The molecule has 1 aromatic rings. The Bertz CT molecular complexity index is 654. The number of nitrogens with one attached hydrogen (secondary N) is 1. The summed E-state index contributed by atoms with van der Waals surface area (Å²) in [5.41, 5.74) is 3.13. The molecule has 3 unspecified atom stereocenters. The smallest absolute Gasteiger partial charge is 0.414 e. The van der Waals surface area contributed by atoms with Crippen LogP contribution in [-0.2, 0) is 20.3 Å². The third-order valence-corrected chi connectivity index (χ3v) is 5.31. The van der Waals surface area contributed by atoms with Gasteiger partial charge in [0.05, 0.1) is 12.2 Å². The Kier molecular flexibility index (Phi) is 5.77. The molecule has 2 N–H and O–H groups in total. The van der Waals surface area contributed by atoms with Gasteiger partial charge in [0.15, 0.2) is 0 Å². The fourth-order valence-corrected chi connectivity index (χ4v) is 3.78. The minimum atomic E-state index is -1.49. The summed E-state index contributed by atoms with van der Waals surface area (Å²) in [7, 11) is -1.49. The predicted octanol–water partition coefficient (Wildman–Crippen LogP) is 1.73. The van der Waals surface area contributed by atoms with Gasteiger partial charge in [-0.15, -0.1) is 0 Å². The molecule has 1 fully saturated rings. The van der Waals surface area contributed by atoms with E-state index in [-0.39, 0.29) is 13.0 Å². The maximum Gasteiger partial charge on any atom is 0.414 e. The van der Waals surface area contributed by atoms with E-state index in [0.717, 1.165) is 15.7 Å². The lowest BCUT2D eigenvalue weighted by atomic mass is 10.1. The Balaban J connectivity index is 2.13. The Morgan fingerprint density at radius 2 is 2.30 bits per heavy atom. The van der Waals surface area contributed by atoms with Gasteiger partial charge in [0.25, 0.3) is 5.91 Å². The maximum atomic E-state index is 12.1. The normalized spacial score (nSPS) is 20.1. The van der Waals surface area contributed by atoms with Crippen molar-refractivity contribution in [1.29, 1.82) is 0 Å². The molecule has 0 aromatic heterocycles. The first-order valence-corrected chi connectivity index (χ1v) is 9.25. The Hall–Kier alpha value is -1.45. The first-order valence-electron chi connectivity index (χ1n) is 6.84. The second-order valence-electron chi connectivity index (χ2n) is 5.25. The van der Waals surface area contributed by atoms with E-state index in [1.165, 1.54) is 16.6 Å². The molecule has 0 saturated carbocycles. The van der Waals surface area contributed by atoms with E-state index in [2.05, 4.69) is 15.9 Å². The molecule has 3 atom stereocenters. The van der Waals surface area contributed by atoms with Crippen LogP contribution in [0.3, 0.4) is 0 Å². The minimum absolute atomic E-state index is 0.0767. The lowest BCUT2D eigenvalue weighted by molar-refractivity contribution is -0.129. The number of rotatable bonds is 5. The van der Waals surface area contributed by atoms with Gasteiger partial charge >= 0.3 is 6.09 Å². The fraction of sp³-hybridized carbons (Fsp3) is 0.429.